The standard InChI is InChI=1S/C18H22FN5O3/c1-3-18(4-2,17(20)27)22-15(25)11-9-23(10-11)16(26)14-21-8-13-12(19)6-5-7-24(13)14/h5-8,11H,3-4,9-10H2,1-2H3,(H2,20,27)(H,22,25). The van der Waals surface area contributed by atoms with Crippen LogP contribution < -0.4 is 11.1 Å². The number of fused-ring (bicyclic) bond motifs is 1. The zero-order chi connectivity index (χ0) is 19.8. The predicted octanol–water partition coefficient (Wildman–Crippen LogP) is 0.706. The quantitative estimate of drug-likeness (QED) is 0.775. The van der Waals surface area contributed by atoms with E-state index < -0.39 is 23.2 Å². The average molecular weight is 375 g/mol. The molecule has 1 saturated heterocycles. The Morgan fingerprint density at radius 3 is 2.59 bits per heavy atom. The first-order chi connectivity index (χ1) is 12.8. The first-order valence-corrected chi connectivity index (χ1v) is 8.85. The lowest BCUT2D eigenvalue weighted by Crippen LogP contribution is -2.63. The highest BCUT2D eigenvalue weighted by Gasteiger charge is 2.42. The maximum Gasteiger partial charge on any atom is 0.290 e. The zero-order valence-electron chi connectivity index (χ0n) is 15.2. The Labute approximate surface area is 155 Å². The van der Waals surface area contributed by atoms with E-state index in [9.17, 15) is 18.8 Å². The van der Waals surface area contributed by atoms with Crippen LogP contribution in [0.15, 0.2) is 24.5 Å². The van der Waals surface area contributed by atoms with Crippen LogP contribution in [0.5, 0.6) is 0 Å². The van der Waals surface area contributed by atoms with E-state index >= 15 is 0 Å². The van der Waals surface area contributed by atoms with Crippen molar-refractivity contribution in [1.29, 1.82) is 0 Å². The van der Waals surface area contributed by atoms with E-state index in [-0.39, 0.29) is 36.2 Å². The summed E-state index contributed by atoms with van der Waals surface area (Å²) in [5, 5.41) is 2.74. The fourth-order valence-corrected chi connectivity index (χ4v) is 3.27. The molecular formula is C18H22FN5O3. The minimum atomic E-state index is -1.07. The summed E-state index contributed by atoms with van der Waals surface area (Å²) in [6, 6.07) is 2.79. The second-order valence-corrected chi connectivity index (χ2v) is 6.74. The van der Waals surface area contributed by atoms with Gasteiger partial charge in [0.2, 0.25) is 17.6 Å². The summed E-state index contributed by atoms with van der Waals surface area (Å²) in [7, 11) is 0. The van der Waals surface area contributed by atoms with Crippen LogP contribution in [0.25, 0.3) is 5.52 Å². The maximum atomic E-state index is 13.7. The number of rotatable bonds is 6. The first kappa shape index (κ1) is 18.8. The molecule has 3 rings (SSSR count). The number of halogens is 1. The van der Waals surface area contributed by atoms with Crippen LogP contribution in [0.4, 0.5) is 4.39 Å². The molecule has 0 spiro atoms. The number of primary amides is 1. The Morgan fingerprint density at radius 1 is 1.33 bits per heavy atom. The van der Waals surface area contributed by atoms with Crippen LogP contribution in [0, 0.1) is 11.7 Å². The van der Waals surface area contributed by atoms with Gasteiger partial charge in [-0.05, 0) is 25.0 Å². The highest BCUT2D eigenvalue weighted by atomic mass is 19.1. The molecule has 0 aromatic carbocycles. The van der Waals surface area contributed by atoms with Gasteiger partial charge in [-0.2, -0.15) is 0 Å². The summed E-state index contributed by atoms with van der Waals surface area (Å²) in [5.41, 5.74) is 4.59. The van der Waals surface area contributed by atoms with Crippen LogP contribution in [-0.2, 0) is 9.59 Å². The number of hydrogen-bond acceptors (Lipinski definition) is 4. The lowest BCUT2D eigenvalue weighted by molar-refractivity contribution is -0.136. The number of imidazole rings is 1. The zero-order valence-corrected chi connectivity index (χ0v) is 15.2. The summed E-state index contributed by atoms with van der Waals surface area (Å²) in [6.07, 6.45) is 3.65. The first-order valence-electron chi connectivity index (χ1n) is 8.85. The lowest BCUT2D eigenvalue weighted by atomic mass is 9.89. The Kier molecular flexibility index (Phi) is 4.86. The molecule has 27 heavy (non-hydrogen) atoms. The van der Waals surface area contributed by atoms with E-state index in [0.29, 0.717) is 12.8 Å². The molecule has 8 nitrogen and oxygen atoms in total. The molecule has 0 saturated carbocycles. The number of carbonyl (C=O) groups is 3. The molecule has 1 aliphatic heterocycles. The van der Waals surface area contributed by atoms with Gasteiger partial charge in [-0.1, -0.05) is 13.8 Å². The largest absolute Gasteiger partial charge is 0.368 e. The molecule has 0 atom stereocenters. The third-order valence-corrected chi connectivity index (χ3v) is 5.29. The van der Waals surface area contributed by atoms with Crippen molar-refractivity contribution in [2.75, 3.05) is 13.1 Å². The summed E-state index contributed by atoms with van der Waals surface area (Å²) < 4.78 is 15.1. The average Bonchev–Trinajstić information content (AvgIpc) is 3.03. The fourth-order valence-electron chi connectivity index (χ4n) is 3.27. The predicted molar refractivity (Wildman–Crippen MR) is 95.2 cm³/mol. The van der Waals surface area contributed by atoms with Crippen LogP contribution in [0.3, 0.4) is 0 Å². The second kappa shape index (κ2) is 6.98. The SMILES string of the molecule is CCC(CC)(NC(=O)C1CN(C(=O)c2ncc3c(F)cccn23)C1)C(N)=O. The molecule has 0 bridgehead atoms. The van der Waals surface area contributed by atoms with Crippen molar-refractivity contribution < 1.29 is 18.8 Å². The van der Waals surface area contributed by atoms with Gasteiger partial charge < -0.3 is 16.0 Å². The van der Waals surface area contributed by atoms with Gasteiger partial charge in [-0.3, -0.25) is 18.8 Å². The fraction of sp³-hybridized carbons (Fsp3) is 0.444. The summed E-state index contributed by atoms with van der Waals surface area (Å²) in [5.74, 6) is -2.05. The van der Waals surface area contributed by atoms with Gasteiger partial charge in [0, 0.05) is 19.3 Å². The van der Waals surface area contributed by atoms with Gasteiger partial charge in [0.1, 0.15) is 16.9 Å². The highest BCUT2D eigenvalue weighted by molar-refractivity contribution is 5.95. The molecule has 3 heterocycles. The van der Waals surface area contributed by atoms with Crippen LogP contribution in [0.1, 0.15) is 37.3 Å². The third-order valence-electron chi connectivity index (χ3n) is 5.29. The number of aromatic nitrogens is 2. The molecule has 0 radical (unpaired) electrons. The van der Waals surface area contributed by atoms with Crippen molar-refractivity contribution in [2.45, 2.75) is 32.2 Å². The molecule has 1 aliphatic rings. The summed E-state index contributed by atoms with van der Waals surface area (Å²) in [4.78, 5) is 42.3. The van der Waals surface area contributed by atoms with E-state index in [2.05, 4.69) is 10.3 Å². The monoisotopic (exact) mass is 375 g/mol. The van der Waals surface area contributed by atoms with Crippen molar-refractivity contribution in [2.24, 2.45) is 11.7 Å². The minimum Gasteiger partial charge on any atom is -0.368 e. The summed E-state index contributed by atoms with van der Waals surface area (Å²) >= 11 is 0. The molecule has 2 aromatic rings. The van der Waals surface area contributed by atoms with Crippen molar-refractivity contribution >= 4 is 23.2 Å². The molecule has 3 amide bonds. The van der Waals surface area contributed by atoms with Crippen LogP contribution >= 0.6 is 0 Å². The van der Waals surface area contributed by atoms with E-state index in [1.54, 1.807) is 20.0 Å². The minimum absolute atomic E-state index is 0.0944. The van der Waals surface area contributed by atoms with Gasteiger partial charge in [-0.25, -0.2) is 9.37 Å². The molecule has 1 fully saturated rings. The highest BCUT2D eigenvalue weighted by Crippen LogP contribution is 2.22. The number of nitrogens with two attached hydrogens (primary N) is 1. The molecule has 0 aliphatic carbocycles. The second-order valence-electron chi connectivity index (χ2n) is 6.74. The molecular weight excluding hydrogens is 353 g/mol. The van der Waals surface area contributed by atoms with Gasteiger partial charge in [-0.15, -0.1) is 0 Å². The molecule has 3 N–H and O–H groups in total. The van der Waals surface area contributed by atoms with Crippen molar-refractivity contribution in [3.8, 4) is 0 Å². The number of pyridine rings is 1. The topological polar surface area (TPSA) is 110 Å². The number of nitrogens with zero attached hydrogens (tertiary/aromatic N) is 3. The number of amides is 3. The van der Waals surface area contributed by atoms with Gasteiger partial charge in [0.05, 0.1) is 12.1 Å². The van der Waals surface area contributed by atoms with Gasteiger partial charge in [0.25, 0.3) is 5.91 Å². The van der Waals surface area contributed by atoms with Gasteiger partial charge >= 0.3 is 0 Å². The Balaban J connectivity index is 1.66. The number of likely N-dealkylation sites (tertiary alicyclic amines) is 1. The van der Waals surface area contributed by atoms with Gasteiger partial charge in [0.15, 0.2) is 0 Å². The van der Waals surface area contributed by atoms with Crippen molar-refractivity contribution in [3.63, 3.8) is 0 Å². The van der Waals surface area contributed by atoms with Crippen molar-refractivity contribution in [3.05, 3.63) is 36.2 Å². The molecule has 0 unspecified atom stereocenters. The van der Waals surface area contributed by atoms with E-state index in [4.69, 9.17) is 5.73 Å². The number of carbonyl (C=O) groups excluding carboxylic acids is 3. The smallest absolute Gasteiger partial charge is 0.290 e. The van der Waals surface area contributed by atoms with Crippen molar-refractivity contribution in [1.82, 2.24) is 19.6 Å². The Hall–Kier alpha value is -2.97. The molecule has 9 heteroatoms. The molecule has 144 valence electrons. The van der Waals surface area contributed by atoms with Crippen LogP contribution in [-0.4, -0.2) is 50.6 Å². The Morgan fingerprint density at radius 2 is 2.00 bits per heavy atom. The van der Waals surface area contributed by atoms with E-state index in [1.165, 1.54) is 27.6 Å². The van der Waals surface area contributed by atoms with E-state index in [0.717, 1.165) is 0 Å². The maximum absolute atomic E-state index is 13.7. The van der Waals surface area contributed by atoms with E-state index in [1.807, 2.05) is 0 Å². The number of hydrogen-bond donors (Lipinski definition) is 2. The lowest BCUT2D eigenvalue weighted by Gasteiger charge is -2.40. The number of nitrogens with one attached hydrogen (secondary N) is 1. The van der Waals surface area contributed by atoms with Crippen LogP contribution in [0.2, 0.25) is 0 Å². The normalized spacial score (nSPS) is 14.9. The third kappa shape index (κ3) is 3.13. The molecule has 2 aromatic heterocycles. The summed E-state index contributed by atoms with van der Waals surface area (Å²) in [6.45, 7) is 3.98. The Bertz CT molecular complexity index is 900.